The highest BCUT2D eigenvalue weighted by Crippen LogP contribution is 2.32. The number of anilines is 1. The summed E-state index contributed by atoms with van der Waals surface area (Å²) >= 11 is 0. The normalized spacial score (nSPS) is 16.0. The molecule has 0 aliphatic carbocycles. The molecule has 1 fully saturated rings. The van der Waals surface area contributed by atoms with Gasteiger partial charge >= 0.3 is 6.09 Å². The molecule has 1 aliphatic heterocycles. The number of hydrogen-bond acceptors (Lipinski definition) is 8. The Kier molecular flexibility index (Phi) is 6.64. The van der Waals surface area contributed by atoms with Gasteiger partial charge in [0.1, 0.15) is 5.52 Å². The van der Waals surface area contributed by atoms with E-state index in [0.29, 0.717) is 23.4 Å². The highest BCUT2D eigenvalue weighted by Gasteiger charge is 2.22. The summed E-state index contributed by atoms with van der Waals surface area (Å²) in [6.07, 6.45) is 6.04. The summed E-state index contributed by atoms with van der Waals surface area (Å²) < 4.78 is 10.4. The van der Waals surface area contributed by atoms with E-state index in [4.69, 9.17) is 14.5 Å². The molecule has 5 rings (SSSR count). The predicted octanol–water partition coefficient (Wildman–Crippen LogP) is 3.87. The number of imidazole rings is 1. The number of pyridine rings is 1. The highest BCUT2D eigenvalue weighted by atomic mass is 16.5. The van der Waals surface area contributed by atoms with Crippen LogP contribution in [0.1, 0.15) is 19.0 Å². The van der Waals surface area contributed by atoms with Gasteiger partial charge in [0.15, 0.2) is 5.82 Å². The van der Waals surface area contributed by atoms with Crippen molar-refractivity contribution in [3.8, 4) is 22.5 Å². The first-order valence-corrected chi connectivity index (χ1v) is 11.6. The molecule has 1 atom stereocenters. The van der Waals surface area contributed by atoms with Crippen LogP contribution in [-0.2, 0) is 16.0 Å². The van der Waals surface area contributed by atoms with Gasteiger partial charge in [0.2, 0.25) is 5.95 Å². The van der Waals surface area contributed by atoms with Crippen molar-refractivity contribution in [2.24, 2.45) is 0 Å². The topological polar surface area (TPSA) is 118 Å². The van der Waals surface area contributed by atoms with Gasteiger partial charge in [-0.05, 0) is 43.2 Å². The molecule has 0 unspecified atom stereocenters. The van der Waals surface area contributed by atoms with E-state index in [-0.39, 0.29) is 6.61 Å². The van der Waals surface area contributed by atoms with Crippen LogP contribution in [0.5, 0.6) is 0 Å². The number of amides is 1. The van der Waals surface area contributed by atoms with Gasteiger partial charge in [0.25, 0.3) is 0 Å². The van der Waals surface area contributed by atoms with Crippen molar-refractivity contribution in [3.63, 3.8) is 0 Å². The predicted molar refractivity (Wildman–Crippen MR) is 132 cm³/mol. The number of aromatic amines is 1. The fraction of sp³-hybridized carbons (Fsp3) is 0.320. The second-order valence-electron chi connectivity index (χ2n) is 8.34. The first kappa shape index (κ1) is 22.9. The van der Waals surface area contributed by atoms with E-state index in [2.05, 4.69) is 42.3 Å². The number of aromatic nitrogens is 5. The zero-order chi connectivity index (χ0) is 24.2. The van der Waals surface area contributed by atoms with Crippen molar-refractivity contribution < 1.29 is 14.3 Å². The number of H-pyrrole nitrogens is 1. The van der Waals surface area contributed by atoms with Crippen LogP contribution in [0.4, 0.5) is 10.7 Å². The van der Waals surface area contributed by atoms with Crippen LogP contribution in [0.3, 0.4) is 0 Å². The molecule has 4 heterocycles. The number of fused-ring (bicyclic) bond motifs is 1. The van der Waals surface area contributed by atoms with Gasteiger partial charge in [0, 0.05) is 56.5 Å². The van der Waals surface area contributed by atoms with Crippen LogP contribution in [0.2, 0.25) is 0 Å². The molecule has 0 saturated carbocycles. The fourth-order valence-electron chi connectivity index (χ4n) is 4.27. The second kappa shape index (κ2) is 10.2. The smallest absolute Gasteiger partial charge is 0.413 e. The number of hydrogen-bond donors (Lipinski definition) is 2. The third-order valence-corrected chi connectivity index (χ3v) is 6.00. The number of ether oxygens (including phenoxy) is 2. The number of nitrogens with zero attached hydrogens (tertiary/aromatic N) is 5. The monoisotopic (exact) mass is 473 g/mol. The lowest BCUT2D eigenvalue weighted by Crippen LogP contribution is -2.22. The summed E-state index contributed by atoms with van der Waals surface area (Å²) in [7, 11) is 1.77. The van der Waals surface area contributed by atoms with E-state index in [9.17, 15) is 4.79 Å². The van der Waals surface area contributed by atoms with Gasteiger partial charge in [-0.15, -0.1) is 0 Å². The molecule has 1 aromatic carbocycles. The Morgan fingerprint density at radius 2 is 2.06 bits per heavy atom. The number of likely N-dealkylation sites (tertiary alicyclic amines) is 1. The standard InChI is InChI=1S/C25H27N7O3/c1-3-35-25(33)31-24-29-21-12-17(11-20(22(21)30-24)23-26-8-4-9-27-23)16-5-6-18(28-13-16)14-32-10-7-19(15-32)34-2/h4-6,8-9,11-13,19H,3,7,10,14-15H2,1-2H3,(H2,29,30,31,33)/t19-/m0/s1. The van der Waals surface area contributed by atoms with E-state index in [1.54, 1.807) is 32.5 Å². The minimum atomic E-state index is -0.570. The fourth-order valence-corrected chi connectivity index (χ4v) is 4.27. The molecule has 35 heavy (non-hydrogen) atoms. The zero-order valence-electron chi connectivity index (χ0n) is 19.7. The van der Waals surface area contributed by atoms with Crippen LogP contribution in [0, 0.1) is 0 Å². The molecule has 2 N–H and O–H groups in total. The van der Waals surface area contributed by atoms with Crippen molar-refractivity contribution in [1.29, 1.82) is 0 Å². The Hall–Kier alpha value is -3.89. The van der Waals surface area contributed by atoms with E-state index < -0.39 is 6.09 Å². The van der Waals surface area contributed by atoms with Gasteiger partial charge in [-0.2, -0.15) is 0 Å². The summed E-state index contributed by atoms with van der Waals surface area (Å²) in [6, 6.07) is 9.86. The number of rotatable bonds is 7. The molecule has 1 saturated heterocycles. The molecule has 180 valence electrons. The average Bonchev–Trinajstić information content (AvgIpc) is 3.50. The van der Waals surface area contributed by atoms with E-state index in [1.807, 2.05) is 18.3 Å². The maximum atomic E-state index is 11.9. The molecule has 0 spiro atoms. The Balaban J connectivity index is 1.46. The highest BCUT2D eigenvalue weighted by molar-refractivity contribution is 5.96. The molecule has 3 aromatic heterocycles. The minimum Gasteiger partial charge on any atom is -0.450 e. The van der Waals surface area contributed by atoms with Gasteiger partial charge in [-0.25, -0.2) is 19.7 Å². The molecule has 0 bridgehead atoms. The third kappa shape index (κ3) is 5.13. The lowest BCUT2D eigenvalue weighted by Gasteiger charge is -2.15. The second-order valence-corrected chi connectivity index (χ2v) is 8.34. The van der Waals surface area contributed by atoms with Crippen LogP contribution >= 0.6 is 0 Å². The van der Waals surface area contributed by atoms with E-state index >= 15 is 0 Å². The number of carbonyl (C=O) groups excluding carboxylic acids is 1. The number of carbonyl (C=O) groups is 1. The molecule has 10 nitrogen and oxygen atoms in total. The van der Waals surface area contributed by atoms with Crippen LogP contribution in [0.25, 0.3) is 33.5 Å². The van der Waals surface area contributed by atoms with Crippen molar-refractivity contribution in [3.05, 3.63) is 54.6 Å². The van der Waals surface area contributed by atoms with Crippen molar-refractivity contribution in [2.45, 2.75) is 26.0 Å². The number of methoxy groups -OCH3 is 1. The van der Waals surface area contributed by atoms with Crippen molar-refractivity contribution in [1.82, 2.24) is 29.8 Å². The molecule has 1 aliphatic rings. The summed E-state index contributed by atoms with van der Waals surface area (Å²) in [5.74, 6) is 0.834. The van der Waals surface area contributed by atoms with Gasteiger partial charge < -0.3 is 14.5 Å². The maximum absolute atomic E-state index is 11.9. The molecule has 1 amide bonds. The molecule has 10 heteroatoms. The Morgan fingerprint density at radius 1 is 1.20 bits per heavy atom. The minimum absolute atomic E-state index is 0.271. The summed E-state index contributed by atoms with van der Waals surface area (Å²) in [4.78, 5) is 35.5. The van der Waals surface area contributed by atoms with Crippen molar-refractivity contribution in [2.75, 3.05) is 32.1 Å². The van der Waals surface area contributed by atoms with Crippen LogP contribution in [0.15, 0.2) is 48.9 Å². The number of benzene rings is 1. The molecule has 0 radical (unpaired) electrons. The van der Waals surface area contributed by atoms with Crippen LogP contribution in [-0.4, -0.2) is 68.8 Å². The lowest BCUT2D eigenvalue weighted by atomic mass is 10.0. The number of nitrogens with one attached hydrogen (secondary N) is 2. The lowest BCUT2D eigenvalue weighted by molar-refractivity contribution is 0.107. The Labute approximate surface area is 202 Å². The average molecular weight is 474 g/mol. The summed E-state index contributed by atoms with van der Waals surface area (Å²) in [6.45, 7) is 4.76. The third-order valence-electron chi connectivity index (χ3n) is 6.00. The Bertz CT molecular complexity index is 1310. The van der Waals surface area contributed by atoms with Gasteiger partial charge in [-0.1, -0.05) is 6.07 Å². The SMILES string of the molecule is CCOC(=O)Nc1nc2c(-c3ncccn3)cc(-c3ccc(CN4CC[C@H](OC)C4)nc3)cc2[nH]1. The molecular weight excluding hydrogens is 446 g/mol. The maximum Gasteiger partial charge on any atom is 0.413 e. The van der Waals surface area contributed by atoms with Crippen molar-refractivity contribution >= 4 is 23.1 Å². The summed E-state index contributed by atoms with van der Waals surface area (Å²) in [5.41, 5.74) is 5.05. The van der Waals surface area contributed by atoms with E-state index in [0.717, 1.165) is 54.0 Å². The van der Waals surface area contributed by atoms with Gasteiger partial charge in [0.05, 0.1) is 23.9 Å². The van der Waals surface area contributed by atoms with Crippen LogP contribution < -0.4 is 5.32 Å². The zero-order valence-corrected chi connectivity index (χ0v) is 19.7. The first-order chi connectivity index (χ1) is 17.1. The van der Waals surface area contributed by atoms with E-state index in [1.165, 1.54) is 0 Å². The van der Waals surface area contributed by atoms with Gasteiger partial charge in [-0.3, -0.25) is 15.2 Å². The summed E-state index contributed by atoms with van der Waals surface area (Å²) in [5, 5.41) is 2.62. The first-order valence-electron chi connectivity index (χ1n) is 11.6. The quantitative estimate of drug-likeness (QED) is 0.415. The molecular formula is C25H27N7O3. The Morgan fingerprint density at radius 3 is 2.77 bits per heavy atom. The largest absolute Gasteiger partial charge is 0.450 e. The molecule has 4 aromatic rings.